The Labute approximate surface area is 143 Å². The van der Waals surface area contributed by atoms with E-state index in [4.69, 9.17) is 5.73 Å². The number of amides is 2. The highest BCUT2D eigenvalue weighted by atomic mass is 16.2. The summed E-state index contributed by atoms with van der Waals surface area (Å²) in [5.74, 6) is 0.590. The number of nitrogens with zero attached hydrogens (tertiary/aromatic N) is 1. The summed E-state index contributed by atoms with van der Waals surface area (Å²) in [7, 11) is 0. The molecule has 4 heteroatoms. The standard InChI is InChI=1S/C20H23N3O/c21-17-10-12-19(13-11-17)23(18-8-2-1-3-9-18)20(24)22-15-14-16-6-4-5-7-16/h1-3,8-16H,4-7,21H2,(H,22,24)/b15-14+. The molecule has 0 aromatic heterocycles. The van der Waals surface area contributed by atoms with Crippen molar-refractivity contribution in [1.29, 1.82) is 0 Å². The molecule has 0 saturated heterocycles. The molecule has 3 N–H and O–H groups in total. The molecule has 124 valence electrons. The van der Waals surface area contributed by atoms with Crippen LogP contribution in [0, 0.1) is 5.92 Å². The van der Waals surface area contributed by atoms with Gasteiger partial charge in [0.1, 0.15) is 0 Å². The van der Waals surface area contributed by atoms with Gasteiger partial charge in [0.2, 0.25) is 0 Å². The van der Waals surface area contributed by atoms with Crippen molar-refractivity contribution in [2.45, 2.75) is 25.7 Å². The SMILES string of the molecule is Nc1ccc(N(C(=O)N/C=C/C2CCCC2)c2ccccc2)cc1. The Balaban J connectivity index is 1.78. The number of nitrogens with two attached hydrogens (primary N) is 1. The first kappa shape index (κ1) is 16.1. The van der Waals surface area contributed by atoms with Gasteiger partial charge in [0.15, 0.2) is 0 Å². The van der Waals surface area contributed by atoms with Gasteiger partial charge in [-0.2, -0.15) is 0 Å². The number of carbonyl (C=O) groups is 1. The Kier molecular flexibility index (Phi) is 5.16. The second-order valence-corrected chi connectivity index (χ2v) is 6.12. The first-order valence-corrected chi connectivity index (χ1v) is 8.42. The molecule has 0 spiro atoms. The topological polar surface area (TPSA) is 58.4 Å². The molecule has 0 aliphatic heterocycles. The molecule has 1 fully saturated rings. The third-order valence-corrected chi connectivity index (χ3v) is 4.34. The maximum absolute atomic E-state index is 12.7. The number of nitrogens with one attached hydrogen (secondary N) is 1. The number of carbonyl (C=O) groups excluding carboxylic acids is 1. The number of hydrogen-bond donors (Lipinski definition) is 2. The van der Waals surface area contributed by atoms with Crippen molar-refractivity contribution < 1.29 is 4.79 Å². The van der Waals surface area contributed by atoms with Crippen LogP contribution in [0.1, 0.15) is 25.7 Å². The summed E-state index contributed by atoms with van der Waals surface area (Å²) in [6.07, 6.45) is 8.89. The zero-order chi connectivity index (χ0) is 16.8. The average molecular weight is 321 g/mol. The molecule has 3 rings (SSSR count). The van der Waals surface area contributed by atoms with Crippen molar-refractivity contribution in [3.05, 3.63) is 66.9 Å². The minimum absolute atomic E-state index is 0.180. The summed E-state index contributed by atoms with van der Waals surface area (Å²) >= 11 is 0. The number of nitrogen functional groups attached to an aromatic ring is 1. The third kappa shape index (κ3) is 3.96. The molecule has 1 aliphatic rings. The number of benzene rings is 2. The van der Waals surface area contributed by atoms with Crippen LogP contribution in [0.3, 0.4) is 0 Å². The van der Waals surface area contributed by atoms with E-state index < -0.39 is 0 Å². The molecule has 1 aliphatic carbocycles. The number of para-hydroxylation sites is 1. The molecule has 4 nitrogen and oxygen atoms in total. The molecule has 0 unspecified atom stereocenters. The van der Waals surface area contributed by atoms with E-state index in [1.807, 2.05) is 42.5 Å². The molecule has 0 atom stereocenters. The predicted octanol–water partition coefficient (Wildman–Crippen LogP) is 4.82. The minimum Gasteiger partial charge on any atom is -0.399 e. The van der Waals surface area contributed by atoms with Gasteiger partial charge in [-0.25, -0.2) is 4.79 Å². The minimum atomic E-state index is -0.180. The Bertz CT molecular complexity index is 689. The molecule has 0 heterocycles. The summed E-state index contributed by atoms with van der Waals surface area (Å²) < 4.78 is 0. The fourth-order valence-electron chi connectivity index (χ4n) is 3.05. The lowest BCUT2D eigenvalue weighted by molar-refractivity contribution is 0.251. The van der Waals surface area contributed by atoms with E-state index in [1.54, 1.807) is 23.2 Å². The summed E-state index contributed by atoms with van der Waals surface area (Å²) in [4.78, 5) is 14.4. The van der Waals surface area contributed by atoms with E-state index in [-0.39, 0.29) is 6.03 Å². The molecular weight excluding hydrogens is 298 g/mol. The Morgan fingerprint density at radius 1 is 1.00 bits per heavy atom. The highest BCUT2D eigenvalue weighted by molar-refractivity contribution is 5.99. The fourth-order valence-corrected chi connectivity index (χ4v) is 3.05. The van der Waals surface area contributed by atoms with E-state index >= 15 is 0 Å². The molecule has 2 aromatic rings. The molecule has 1 saturated carbocycles. The average Bonchev–Trinajstić information content (AvgIpc) is 3.11. The lowest BCUT2D eigenvalue weighted by Gasteiger charge is -2.22. The lowest BCUT2D eigenvalue weighted by Crippen LogP contribution is -2.34. The van der Waals surface area contributed by atoms with E-state index in [0.717, 1.165) is 11.4 Å². The Morgan fingerprint density at radius 2 is 1.62 bits per heavy atom. The van der Waals surface area contributed by atoms with Crippen LogP contribution in [0.2, 0.25) is 0 Å². The summed E-state index contributed by atoms with van der Waals surface area (Å²) in [5, 5.41) is 2.90. The first-order chi connectivity index (χ1) is 11.7. The van der Waals surface area contributed by atoms with Crippen LogP contribution in [0.15, 0.2) is 66.9 Å². The number of allylic oxidation sites excluding steroid dienone is 1. The highest BCUT2D eigenvalue weighted by Crippen LogP contribution is 2.27. The number of urea groups is 1. The zero-order valence-electron chi connectivity index (χ0n) is 13.7. The smallest absolute Gasteiger partial charge is 0.330 e. The van der Waals surface area contributed by atoms with Gasteiger partial charge >= 0.3 is 6.03 Å². The summed E-state index contributed by atoms with van der Waals surface area (Å²) in [6, 6.07) is 16.7. The van der Waals surface area contributed by atoms with E-state index in [2.05, 4.69) is 11.4 Å². The van der Waals surface area contributed by atoms with Gasteiger partial charge in [-0.3, -0.25) is 4.90 Å². The van der Waals surface area contributed by atoms with Crippen molar-refractivity contribution in [3.8, 4) is 0 Å². The van der Waals surface area contributed by atoms with Crippen LogP contribution in [0.25, 0.3) is 0 Å². The zero-order valence-corrected chi connectivity index (χ0v) is 13.7. The largest absolute Gasteiger partial charge is 0.399 e. The number of hydrogen-bond acceptors (Lipinski definition) is 2. The van der Waals surface area contributed by atoms with Crippen molar-refractivity contribution in [1.82, 2.24) is 5.32 Å². The van der Waals surface area contributed by atoms with Crippen LogP contribution < -0.4 is 16.0 Å². The summed E-state index contributed by atoms with van der Waals surface area (Å²) in [5.41, 5.74) is 8.03. The second kappa shape index (κ2) is 7.68. The molecule has 2 aromatic carbocycles. The maximum atomic E-state index is 12.7. The van der Waals surface area contributed by atoms with Gasteiger partial charge in [-0.05, 0) is 55.2 Å². The quantitative estimate of drug-likeness (QED) is 0.793. The monoisotopic (exact) mass is 321 g/mol. The van der Waals surface area contributed by atoms with Crippen LogP contribution in [0.4, 0.5) is 21.9 Å². The lowest BCUT2D eigenvalue weighted by atomic mass is 10.1. The van der Waals surface area contributed by atoms with Crippen molar-refractivity contribution >= 4 is 23.1 Å². The van der Waals surface area contributed by atoms with Gasteiger partial charge < -0.3 is 11.1 Å². The Hall–Kier alpha value is -2.75. The number of anilines is 3. The number of rotatable bonds is 4. The Morgan fingerprint density at radius 3 is 2.29 bits per heavy atom. The fraction of sp³-hybridized carbons (Fsp3) is 0.250. The van der Waals surface area contributed by atoms with Crippen molar-refractivity contribution in [2.75, 3.05) is 10.6 Å². The first-order valence-electron chi connectivity index (χ1n) is 8.42. The molecular formula is C20H23N3O. The van der Waals surface area contributed by atoms with Gasteiger partial charge in [-0.1, -0.05) is 37.1 Å². The second-order valence-electron chi connectivity index (χ2n) is 6.12. The highest BCUT2D eigenvalue weighted by Gasteiger charge is 2.17. The molecule has 0 bridgehead atoms. The molecule has 0 radical (unpaired) electrons. The van der Waals surface area contributed by atoms with Crippen LogP contribution in [-0.2, 0) is 0 Å². The van der Waals surface area contributed by atoms with Gasteiger partial charge in [-0.15, -0.1) is 0 Å². The van der Waals surface area contributed by atoms with Crippen LogP contribution in [0.5, 0.6) is 0 Å². The molecule has 2 amide bonds. The summed E-state index contributed by atoms with van der Waals surface area (Å²) in [6.45, 7) is 0. The maximum Gasteiger partial charge on any atom is 0.330 e. The predicted molar refractivity (Wildman–Crippen MR) is 99.1 cm³/mol. The van der Waals surface area contributed by atoms with E-state index in [0.29, 0.717) is 11.6 Å². The third-order valence-electron chi connectivity index (χ3n) is 4.34. The van der Waals surface area contributed by atoms with Crippen LogP contribution in [-0.4, -0.2) is 6.03 Å². The van der Waals surface area contributed by atoms with Crippen molar-refractivity contribution in [3.63, 3.8) is 0 Å². The van der Waals surface area contributed by atoms with E-state index in [1.165, 1.54) is 25.7 Å². The van der Waals surface area contributed by atoms with Crippen LogP contribution >= 0.6 is 0 Å². The molecule has 24 heavy (non-hydrogen) atoms. The van der Waals surface area contributed by atoms with Crippen molar-refractivity contribution in [2.24, 2.45) is 5.92 Å². The van der Waals surface area contributed by atoms with E-state index in [9.17, 15) is 4.79 Å². The van der Waals surface area contributed by atoms with Gasteiger partial charge in [0.25, 0.3) is 0 Å². The van der Waals surface area contributed by atoms with Gasteiger partial charge in [0, 0.05) is 11.9 Å². The normalized spacial score (nSPS) is 14.8. The van der Waals surface area contributed by atoms with Gasteiger partial charge in [0.05, 0.1) is 11.4 Å².